The van der Waals surface area contributed by atoms with Gasteiger partial charge < -0.3 is 0 Å². The van der Waals surface area contributed by atoms with Gasteiger partial charge in [-0.3, -0.25) is 4.79 Å². The van der Waals surface area contributed by atoms with E-state index in [1.807, 2.05) is 96.0 Å². The molecule has 1 atom stereocenters. The van der Waals surface area contributed by atoms with Gasteiger partial charge in [-0.25, -0.2) is 5.01 Å². The Morgan fingerprint density at radius 2 is 1.39 bits per heavy atom. The molecule has 0 amide bonds. The first-order valence-electron chi connectivity index (χ1n) is 8.98. The lowest BCUT2D eigenvalue weighted by molar-refractivity contribution is -0.110. The van der Waals surface area contributed by atoms with E-state index in [9.17, 15) is 4.79 Å². The highest BCUT2D eigenvalue weighted by Crippen LogP contribution is 2.54. The van der Waals surface area contributed by atoms with Gasteiger partial charge in [-0.2, -0.15) is 5.10 Å². The number of carbonyl (C=O) groups excluding carboxylic acids is 1. The van der Waals surface area contributed by atoms with Crippen LogP contribution in [0.15, 0.2) is 102 Å². The third-order valence-corrected chi connectivity index (χ3v) is 8.74. The van der Waals surface area contributed by atoms with Crippen molar-refractivity contribution in [2.24, 2.45) is 5.10 Å². The summed E-state index contributed by atoms with van der Waals surface area (Å²) in [4.78, 5) is 12.6. The summed E-state index contributed by atoms with van der Waals surface area (Å²) in [6, 6.07) is 27.3. The zero-order valence-electron chi connectivity index (χ0n) is 15.4. The van der Waals surface area contributed by atoms with Gasteiger partial charge in [0.05, 0.1) is 17.4 Å². The summed E-state index contributed by atoms with van der Waals surface area (Å²) < 4.78 is 0. The number of benzene rings is 3. The van der Waals surface area contributed by atoms with Crippen LogP contribution in [-0.2, 0) is 16.6 Å². The predicted molar refractivity (Wildman–Crippen MR) is 122 cm³/mol. The fourth-order valence-electron chi connectivity index (χ4n) is 3.23. The maximum absolute atomic E-state index is 12.6. The highest BCUT2D eigenvalue weighted by atomic mass is 32.4. The molecule has 0 spiro atoms. The molecular formula is C23H19N2OPS. The van der Waals surface area contributed by atoms with Crippen LogP contribution in [0, 0.1) is 0 Å². The van der Waals surface area contributed by atoms with E-state index in [4.69, 9.17) is 16.9 Å². The average molecular weight is 402 g/mol. The zero-order valence-corrected chi connectivity index (χ0v) is 17.1. The van der Waals surface area contributed by atoms with Gasteiger partial charge in [-0.1, -0.05) is 90.7 Å². The molecule has 3 aromatic carbocycles. The van der Waals surface area contributed by atoms with Crippen molar-refractivity contribution in [1.29, 1.82) is 0 Å². The molecule has 1 aliphatic rings. The highest BCUT2D eigenvalue weighted by molar-refractivity contribution is 8.29. The minimum Gasteiger partial charge on any atom is -0.293 e. The summed E-state index contributed by atoms with van der Waals surface area (Å²) in [5.74, 6) is 2.00. The second-order valence-corrected chi connectivity index (χ2v) is 10.7. The van der Waals surface area contributed by atoms with Crippen LogP contribution in [0.25, 0.3) is 5.70 Å². The molecule has 3 aromatic rings. The van der Waals surface area contributed by atoms with Gasteiger partial charge in [0.25, 0.3) is 0 Å². The van der Waals surface area contributed by atoms with E-state index < -0.39 is 6.04 Å². The van der Waals surface area contributed by atoms with Gasteiger partial charge in [-0.05, 0) is 23.3 Å². The summed E-state index contributed by atoms with van der Waals surface area (Å²) in [6.45, 7) is 1.55. The maximum atomic E-state index is 12.6. The second-order valence-electron chi connectivity index (χ2n) is 6.50. The topological polar surface area (TPSA) is 32.7 Å². The second kappa shape index (κ2) is 7.67. The van der Waals surface area contributed by atoms with E-state index >= 15 is 0 Å². The number of anilines is 1. The number of para-hydroxylation sites is 1. The molecular weight excluding hydrogens is 383 g/mol. The molecule has 0 N–H and O–H groups in total. The van der Waals surface area contributed by atoms with Crippen molar-refractivity contribution < 1.29 is 4.79 Å². The number of carbonyl (C=O) groups is 1. The van der Waals surface area contributed by atoms with Crippen LogP contribution in [-0.4, -0.2) is 11.2 Å². The molecule has 3 nitrogen and oxygen atoms in total. The Morgan fingerprint density at radius 1 is 0.857 bits per heavy atom. The Hall–Kier alpha value is -2.81. The molecule has 0 aliphatic carbocycles. The molecule has 0 saturated heterocycles. The normalized spacial score (nSPS) is 19.0. The average Bonchev–Trinajstić information content (AvgIpc) is 2.75. The summed E-state index contributed by atoms with van der Waals surface area (Å²) in [5.41, 5.74) is 3.27. The number of hydrogen-bond acceptors (Lipinski definition) is 4. The molecule has 0 fully saturated rings. The van der Waals surface area contributed by atoms with Crippen molar-refractivity contribution in [3.05, 3.63) is 102 Å². The Kier molecular flexibility index (Phi) is 5.08. The number of ketones is 1. The van der Waals surface area contributed by atoms with Crippen LogP contribution >= 0.6 is 6.04 Å². The zero-order chi connectivity index (χ0) is 19.6. The van der Waals surface area contributed by atoms with Crippen LogP contribution in [0.4, 0.5) is 5.69 Å². The largest absolute Gasteiger partial charge is 0.293 e. The van der Waals surface area contributed by atoms with Gasteiger partial charge in [0, 0.05) is 12.5 Å². The molecule has 1 unspecified atom stereocenters. The molecule has 138 valence electrons. The lowest BCUT2D eigenvalue weighted by Gasteiger charge is -2.32. The minimum atomic E-state index is -2.48. The lowest BCUT2D eigenvalue weighted by Crippen LogP contribution is -2.28. The monoisotopic (exact) mass is 402 g/mol. The lowest BCUT2D eigenvalue weighted by atomic mass is 10.1. The first-order valence-corrected chi connectivity index (χ1v) is 11.9. The molecule has 5 heteroatoms. The Labute approximate surface area is 170 Å². The number of Topliss-reactive ketones (excluding diaryl/α,β-unsaturated/α-hetero) is 1. The molecule has 28 heavy (non-hydrogen) atoms. The number of hydrogen-bond donors (Lipinski definition) is 0. The van der Waals surface area contributed by atoms with Gasteiger partial charge in [-0.15, -0.1) is 0 Å². The summed E-state index contributed by atoms with van der Waals surface area (Å²) >= 11 is 6.15. The number of hydrazone groups is 1. The van der Waals surface area contributed by atoms with E-state index in [1.165, 1.54) is 0 Å². The van der Waals surface area contributed by atoms with E-state index in [1.54, 1.807) is 6.92 Å². The standard InChI is InChI=1S/C23H19N2OPS/c1-18(26)23-24-25(20-13-7-3-8-14-20)22(19-11-5-2-6-12-19)17-27(23,28)21-15-9-4-10-16-21/h2-17H,1H3. The molecule has 0 saturated carbocycles. The van der Waals surface area contributed by atoms with Crippen molar-refractivity contribution in [2.45, 2.75) is 6.92 Å². The van der Waals surface area contributed by atoms with Gasteiger partial charge in [0.2, 0.25) is 0 Å². The van der Waals surface area contributed by atoms with Crippen molar-refractivity contribution in [1.82, 2.24) is 0 Å². The molecule has 0 aromatic heterocycles. The smallest absolute Gasteiger partial charge is 0.181 e. The van der Waals surface area contributed by atoms with Crippen LogP contribution < -0.4 is 10.3 Å². The van der Waals surface area contributed by atoms with Gasteiger partial charge in [0.15, 0.2) is 5.78 Å². The molecule has 0 bridgehead atoms. The van der Waals surface area contributed by atoms with Crippen molar-refractivity contribution in [3.63, 3.8) is 0 Å². The van der Waals surface area contributed by atoms with Gasteiger partial charge >= 0.3 is 0 Å². The summed E-state index contributed by atoms with van der Waals surface area (Å²) in [7, 11) is 0. The SMILES string of the molecule is CC(=O)C1=NN(c2ccccc2)C(c2ccccc2)=CP1(=S)c1ccccc1. The fourth-order valence-corrected chi connectivity index (χ4v) is 6.81. The van der Waals surface area contributed by atoms with Crippen molar-refractivity contribution in [2.75, 3.05) is 5.01 Å². The number of rotatable bonds is 4. The quantitative estimate of drug-likeness (QED) is 0.562. The molecule has 0 radical (unpaired) electrons. The Balaban J connectivity index is 1.98. The van der Waals surface area contributed by atoms with E-state index in [2.05, 4.69) is 5.82 Å². The minimum absolute atomic E-state index is 0.0866. The third-order valence-electron chi connectivity index (χ3n) is 4.57. The van der Waals surface area contributed by atoms with Crippen molar-refractivity contribution >= 4 is 45.8 Å². The summed E-state index contributed by atoms with van der Waals surface area (Å²) in [6.07, 6.45) is 0. The summed E-state index contributed by atoms with van der Waals surface area (Å²) in [5, 5.41) is 7.62. The third kappa shape index (κ3) is 3.37. The van der Waals surface area contributed by atoms with Crippen LogP contribution in [0.1, 0.15) is 12.5 Å². The van der Waals surface area contributed by atoms with E-state index in [0.717, 1.165) is 22.3 Å². The Morgan fingerprint density at radius 3 is 1.96 bits per heavy atom. The predicted octanol–water partition coefficient (Wildman–Crippen LogP) is 5.21. The van der Waals surface area contributed by atoms with E-state index in [0.29, 0.717) is 5.45 Å². The van der Waals surface area contributed by atoms with Crippen LogP contribution in [0.2, 0.25) is 0 Å². The highest BCUT2D eigenvalue weighted by Gasteiger charge is 2.34. The molecule has 4 rings (SSSR count). The number of nitrogens with zero attached hydrogens (tertiary/aromatic N) is 2. The Bertz CT molecular complexity index is 1110. The van der Waals surface area contributed by atoms with Crippen molar-refractivity contribution in [3.8, 4) is 0 Å². The molecule has 1 heterocycles. The molecule has 1 aliphatic heterocycles. The van der Waals surface area contributed by atoms with E-state index in [-0.39, 0.29) is 5.78 Å². The van der Waals surface area contributed by atoms with Crippen LogP contribution in [0.3, 0.4) is 0 Å². The van der Waals surface area contributed by atoms with Crippen LogP contribution in [0.5, 0.6) is 0 Å². The maximum Gasteiger partial charge on any atom is 0.181 e. The fraction of sp³-hybridized carbons (Fsp3) is 0.0435. The van der Waals surface area contributed by atoms with Gasteiger partial charge in [0.1, 0.15) is 5.45 Å². The first kappa shape index (κ1) is 18.5. The first-order chi connectivity index (χ1) is 13.6.